The second-order valence-corrected chi connectivity index (χ2v) is 8.08. The van der Waals surface area contributed by atoms with E-state index in [0.717, 1.165) is 32.1 Å². The summed E-state index contributed by atoms with van der Waals surface area (Å²) in [6.45, 7) is 5.71. The van der Waals surface area contributed by atoms with E-state index in [-0.39, 0.29) is 17.5 Å². The summed E-state index contributed by atoms with van der Waals surface area (Å²) in [6, 6.07) is 7.68. The molecule has 24 heavy (non-hydrogen) atoms. The van der Waals surface area contributed by atoms with E-state index >= 15 is 0 Å². The van der Waals surface area contributed by atoms with E-state index in [1.165, 1.54) is 12.5 Å². The van der Waals surface area contributed by atoms with Gasteiger partial charge in [-0.15, -0.1) is 0 Å². The van der Waals surface area contributed by atoms with Crippen LogP contribution in [0.5, 0.6) is 5.75 Å². The molecular formula is C18H29O5P. The topological polar surface area (TPSA) is 83.8 Å². The Morgan fingerprint density at radius 1 is 1.08 bits per heavy atom. The van der Waals surface area contributed by atoms with Crippen LogP contribution in [0.4, 0.5) is 0 Å². The van der Waals surface area contributed by atoms with Crippen molar-refractivity contribution in [2.24, 2.45) is 0 Å². The highest BCUT2D eigenvalue weighted by Gasteiger charge is 2.28. The monoisotopic (exact) mass is 356 g/mol. The highest BCUT2D eigenvalue weighted by atomic mass is 31.2. The molecule has 0 radical (unpaired) electrons. The molecule has 2 N–H and O–H groups in total. The maximum absolute atomic E-state index is 11.0. The zero-order valence-corrected chi connectivity index (χ0v) is 15.7. The first-order chi connectivity index (χ1) is 11.2. The van der Waals surface area contributed by atoms with Crippen LogP contribution in [0.15, 0.2) is 24.3 Å². The van der Waals surface area contributed by atoms with Gasteiger partial charge in [-0.05, 0) is 48.8 Å². The Balaban J connectivity index is 2.69. The van der Waals surface area contributed by atoms with Gasteiger partial charge in [0.2, 0.25) is 0 Å². The van der Waals surface area contributed by atoms with Crippen LogP contribution in [0.1, 0.15) is 64.9 Å². The summed E-state index contributed by atoms with van der Waals surface area (Å²) in [7, 11) is -3.88. The van der Waals surface area contributed by atoms with Crippen molar-refractivity contribution in [3.05, 3.63) is 29.8 Å². The van der Waals surface area contributed by atoms with Crippen molar-refractivity contribution >= 4 is 13.6 Å². The SMILES string of the molecule is CCC(CC)(CCCCCP(=O)(O)O)c1ccc(OC(C)=O)cc1. The fraction of sp³-hybridized carbons (Fsp3) is 0.611. The maximum Gasteiger partial charge on any atom is 0.325 e. The van der Waals surface area contributed by atoms with E-state index in [0.29, 0.717) is 12.2 Å². The van der Waals surface area contributed by atoms with E-state index in [9.17, 15) is 9.36 Å². The summed E-state index contributed by atoms with van der Waals surface area (Å²) >= 11 is 0. The summed E-state index contributed by atoms with van der Waals surface area (Å²) in [6.07, 6.45) is 5.25. The van der Waals surface area contributed by atoms with Crippen molar-refractivity contribution in [2.75, 3.05) is 6.16 Å². The van der Waals surface area contributed by atoms with Crippen molar-refractivity contribution < 1.29 is 23.9 Å². The van der Waals surface area contributed by atoms with Crippen LogP contribution >= 0.6 is 7.60 Å². The molecule has 1 aromatic rings. The zero-order valence-electron chi connectivity index (χ0n) is 14.8. The smallest absolute Gasteiger partial charge is 0.325 e. The zero-order chi connectivity index (χ0) is 18.2. The Bertz CT molecular complexity index is 557. The molecule has 1 aromatic carbocycles. The number of rotatable bonds is 10. The number of benzene rings is 1. The highest BCUT2D eigenvalue weighted by molar-refractivity contribution is 7.51. The molecule has 0 saturated carbocycles. The van der Waals surface area contributed by atoms with Gasteiger partial charge in [0.15, 0.2) is 0 Å². The number of esters is 1. The number of carbonyl (C=O) groups excluding carboxylic acids is 1. The molecular weight excluding hydrogens is 327 g/mol. The van der Waals surface area contributed by atoms with Crippen LogP contribution < -0.4 is 4.74 Å². The first-order valence-electron chi connectivity index (χ1n) is 8.56. The van der Waals surface area contributed by atoms with Crippen LogP contribution in [0.25, 0.3) is 0 Å². The first-order valence-corrected chi connectivity index (χ1v) is 10.4. The van der Waals surface area contributed by atoms with Gasteiger partial charge in [-0.2, -0.15) is 0 Å². The number of hydrogen-bond acceptors (Lipinski definition) is 3. The third-order valence-electron chi connectivity index (χ3n) is 4.69. The van der Waals surface area contributed by atoms with Crippen molar-refractivity contribution in [3.8, 4) is 5.75 Å². The lowest BCUT2D eigenvalue weighted by atomic mass is 9.72. The van der Waals surface area contributed by atoms with Crippen LogP contribution in [0, 0.1) is 0 Å². The van der Waals surface area contributed by atoms with Gasteiger partial charge < -0.3 is 14.5 Å². The van der Waals surface area contributed by atoms with E-state index in [4.69, 9.17) is 14.5 Å². The van der Waals surface area contributed by atoms with Crippen LogP contribution in [0.3, 0.4) is 0 Å². The average molecular weight is 356 g/mol. The molecule has 0 unspecified atom stereocenters. The molecule has 0 saturated heterocycles. The molecule has 0 aliphatic heterocycles. The van der Waals surface area contributed by atoms with Gasteiger partial charge in [-0.25, -0.2) is 0 Å². The Kier molecular flexibility index (Phi) is 8.14. The summed E-state index contributed by atoms with van der Waals surface area (Å²) in [5.41, 5.74) is 1.27. The third kappa shape index (κ3) is 6.76. The van der Waals surface area contributed by atoms with E-state index in [1.54, 1.807) is 0 Å². The minimum atomic E-state index is -3.88. The first kappa shape index (κ1) is 20.9. The minimum absolute atomic E-state index is 0.0324. The summed E-state index contributed by atoms with van der Waals surface area (Å²) < 4.78 is 16.0. The van der Waals surface area contributed by atoms with Gasteiger partial charge in [0, 0.05) is 13.1 Å². The van der Waals surface area contributed by atoms with E-state index in [1.807, 2.05) is 24.3 Å². The van der Waals surface area contributed by atoms with Gasteiger partial charge in [0.05, 0.1) is 0 Å². The lowest BCUT2D eigenvalue weighted by molar-refractivity contribution is -0.131. The van der Waals surface area contributed by atoms with Crippen molar-refractivity contribution in [1.29, 1.82) is 0 Å². The van der Waals surface area contributed by atoms with Gasteiger partial charge in [0.25, 0.3) is 0 Å². The molecule has 0 amide bonds. The predicted molar refractivity (Wildman–Crippen MR) is 95.4 cm³/mol. The molecule has 0 bridgehead atoms. The molecule has 0 aliphatic rings. The molecule has 1 rings (SSSR count). The predicted octanol–water partition coefficient (Wildman–Crippen LogP) is 4.41. The largest absolute Gasteiger partial charge is 0.427 e. The molecule has 5 nitrogen and oxygen atoms in total. The van der Waals surface area contributed by atoms with E-state index in [2.05, 4.69) is 13.8 Å². The molecule has 0 aliphatic carbocycles. The van der Waals surface area contributed by atoms with Crippen molar-refractivity contribution in [3.63, 3.8) is 0 Å². The summed E-state index contributed by atoms with van der Waals surface area (Å²) in [4.78, 5) is 28.8. The Labute approximate surface area is 144 Å². The highest BCUT2D eigenvalue weighted by Crippen LogP contribution is 2.39. The van der Waals surface area contributed by atoms with Crippen LogP contribution in [0.2, 0.25) is 0 Å². The fourth-order valence-electron chi connectivity index (χ4n) is 3.16. The number of ether oxygens (including phenoxy) is 1. The van der Waals surface area contributed by atoms with Gasteiger partial charge >= 0.3 is 13.6 Å². The van der Waals surface area contributed by atoms with Crippen LogP contribution in [-0.2, 0) is 14.8 Å². The molecule has 0 heterocycles. The quantitative estimate of drug-likeness (QED) is 0.281. The lowest BCUT2D eigenvalue weighted by Gasteiger charge is -2.33. The maximum atomic E-state index is 11.0. The summed E-state index contributed by atoms with van der Waals surface area (Å²) in [5, 5.41) is 0. The number of unbranched alkanes of at least 4 members (excludes halogenated alkanes) is 2. The van der Waals surface area contributed by atoms with Crippen molar-refractivity contribution in [1.82, 2.24) is 0 Å². The third-order valence-corrected chi connectivity index (χ3v) is 5.59. The Morgan fingerprint density at radius 3 is 2.12 bits per heavy atom. The van der Waals surface area contributed by atoms with Gasteiger partial charge in [0.1, 0.15) is 5.75 Å². The second kappa shape index (κ2) is 9.36. The normalized spacial score (nSPS) is 12.2. The van der Waals surface area contributed by atoms with E-state index < -0.39 is 7.60 Å². The molecule has 136 valence electrons. The number of carbonyl (C=O) groups is 1. The Morgan fingerprint density at radius 2 is 1.67 bits per heavy atom. The van der Waals surface area contributed by atoms with Gasteiger partial charge in [-0.1, -0.05) is 38.8 Å². The Hall–Kier alpha value is -1.16. The number of hydrogen-bond donors (Lipinski definition) is 2. The van der Waals surface area contributed by atoms with Crippen molar-refractivity contribution in [2.45, 2.75) is 64.7 Å². The standard InChI is InChI=1S/C18H29O5P/c1-4-18(5-2,13-7-6-8-14-24(20,21)22)16-9-11-17(12-10-16)23-15(3)19/h9-12H,4-8,13-14H2,1-3H3,(H2,20,21,22). The molecule has 6 heteroatoms. The van der Waals surface area contributed by atoms with Gasteiger partial charge in [-0.3, -0.25) is 9.36 Å². The summed E-state index contributed by atoms with van der Waals surface area (Å²) in [5.74, 6) is 0.221. The second-order valence-electron chi connectivity index (χ2n) is 6.30. The average Bonchev–Trinajstić information content (AvgIpc) is 2.51. The molecule has 0 atom stereocenters. The molecule has 0 spiro atoms. The molecule has 0 aromatic heterocycles. The van der Waals surface area contributed by atoms with Crippen LogP contribution in [-0.4, -0.2) is 21.9 Å². The molecule has 0 fully saturated rings. The fourth-order valence-corrected chi connectivity index (χ4v) is 3.79. The minimum Gasteiger partial charge on any atom is -0.427 e. The lowest BCUT2D eigenvalue weighted by Crippen LogP contribution is -2.24.